The van der Waals surface area contributed by atoms with Crippen LogP contribution in [0, 0.1) is 0 Å². The van der Waals surface area contributed by atoms with Gasteiger partial charge in [-0.15, -0.1) is 0 Å². The van der Waals surface area contributed by atoms with Gasteiger partial charge in [0.2, 0.25) is 0 Å². The Morgan fingerprint density at radius 3 is 3.07 bits per heavy atom. The van der Waals surface area contributed by atoms with E-state index in [1.165, 1.54) is 5.69 Å². The SMILES string of the molecule is NOCC1(c2cnc3cnccn23)CC1. The number of imidazole rings is 1. The Kier molecular flexibility index (Phi) is 1.77. The zero-order valence-corrected chi connectivity index (χ0v) is 8.26. The van der Waals surface area contributed by atoms with Gasteiger partial charge in [0.15, 0.2) is 5.65 Å². The lowest BCUT2D eigenvalue weighted by Crippen LogP contribution is -2.19. The van der Waals surface area contributed by atoms with Crippen LogP contribution in [0.3, 0.4) is 0 Å². The van der Waals surface area contributed by atoms with Crippen LogP contribution in [0.15, 0.2) is 24.8 Å². The smallest absolute Gasteiger partial charge is 0.155 e. The van der Waals surface area contributed by atoms with Gasteiger partial charge in [-0.2, -0.15) is 0 Å². The zero-order valence-electron chi connectivity index (χ0n) is 8.26. The topological polar surface area (TPSA) is 65.4 Å². The Morgan fingerprint density at radius 1 is 1.47 bits per heavy atom. The molecule has 1 saturated carbocycles. The van der Waals surface area contributed by atoms with Crippen LogP contribution in [0.4, 0.5) is 0 Å². The molecule has 0 spiro atoms. The van der Waals surface area contributed by atoms with Crippen LogP contribution in [0.5, 0.6) is 0 Å². The van der Waals surface area contributed by atoms with Gasteiger partial charge < -0.3 is 9.24 Å². The molecule has 1 fully saturated rings. The van der Waals surface area contributed by atoms with Gasteiger partial charge in [0.25, 0.3) is 0 Å². The maximum atomic E-state index is 5.16. The van der Waals surface area contributed by atoms with Crippen LogP contribution in [0.25, 0.3) is 5.65 Å². The summed E-state index contributed by atoms with van der Waals surface area (Å²) in [6.45, 7) is 0.559. The normalized spacial score (nSPS) is 18.2. The highest BCUT2D eigenvalue weighted by molar-refractivity contribution is 5.41. The van der Waals surface area contributed by atoms with E-state index in [0.717, 1.165) is 18.5 Å². The third kappa shape index (κ3) is 1.24. The highest BCUT2D eigenvalue weighted by Gasteiger charge is 2.46. The molecule has 5 nitrogen and oxygen atoms in total. The first kappa shape index (κ1) is 8.82. The molecule has 0 aromatic carbocycles. The highest BCUT2D eigenvalue weighted by atomic mass is 16.6. The zero-order chi connectivity index (χ0) is 10.3. The van der Waals surface area contributed by atoms with E-state index >= 15 is 0 Å². The van der Waals surface area contributed by atoms with Gasteiger partial charge in [0, 0.05) is 24.0 Å². The fourth-order valence-corrected chi connectivity index (χ4v) is 2.02. The Hall–Kier alpha value is -1.46. The Morgan fingerprint density at radius 2 is 2.33 bits per heavy atom. The van der Waals surface area contributed by atoms with Gasteiger partial charge in [0.1, 0.15) is 0 Å². The van der Waals surface area contributed by atoms with Gasteiger partial charge >= 0.3 is 0 Å². The van der Waals surface area contributed by atoms with E-state index < -0.39 is 0 Å². The molecule has 2 aromatic rings. The fourth-order valence-electron chi connectivity index (χ4n) is 2.02. The molecule has 3 rings (SSSR count). The van der Waals surface area contributed by atoms with Crippen molar-refractivity contribution in [3.63, 3.8) is 0 Å². The van der Waals surface area contributed by atoms with Crippen LogP contribution >= 0.6 is 0 Å². The van der Waals surface area contributed by atoms with Crippen LogP contribution in [-0.4, -0.2) is 21.0 Å². The summed E-state index contributed by atoms with van der Waals surface area (Å²) in [5.74, 6) is 5.16. The number of fused-ring (bicyclic) bond motifs is 1. The lowest BCUT2D eigenvalue weighted by molar-refractivity contribution is 0.114. The maximum absolute atomic E-state index is 5.16. The van der Waals surface area contributed by atoms with E-state index in [1.807, 2.05) is 12.4 Å². The number of nitrogens with two attached hydrogens (primary N) is 1. The summed E-state index contributed by atoms with van der Waals surface area (Å²) in [5.41, 5.74) is 2.12. The summed E-state index contributed by atoms with van der Waals surface area (Å²) >= 11 is 0. The molecule has 15 heavy (non-hydrogen) atoms. The summed E-state index contributed by atoms with van der Waals surface area (Å²) in [6.07, 6.45) is 9.55. The Bertz CT molecular complexity index is 489. The number of nitrogens with zero attached hydrogens (tertiary/aromatic N) is 3. The molecule has 5 heteroatoms. The van der Waals surface area contributed by atoms with Gasteiger partial charge in [-0.25, -0.2) is 10.9 Å². The number of hydrogen-bond donors (Lipinski definition) is 1. The van der Waals surface area contributed by atoms with Crippen molar-refractivity contribution in [1.29, 1.82) is 0 Å². The fraction of sp³-hybridized carbons (Fsp3) is 0.400. The lowest BCUT2D eigenvalue weighted by Gasteiger charge is -2.12. The van der Waals surface area contributed by atoms with Crippen LogP contribution in [0.2, 0.25) is 0 Å². The van der Waals surface area contributed by atoms with Crippen molar-refractivity contribution in [3.05, 3.63) is 30.5 Å². The van der Waals surface area contributed by atoms with E-state index in [2.05, 4.69) is 14.4 Å². The molecule has 0 radical (unpaired) electrons. The molecule has 0 atom stereocenters. The second-order valence-electron chi connectivity index (χ2n) is 4.04. The van der Waals surface area contributed by atoms with Gasteiger partial charge in [-0.1, -0.05) is 0 Å². The highest BCUT2D eigenvalue weighted by Crippen LogP contribution is 2.48. The minimum absolute atomic E-state index is 0.0789. The summed E-state index contributed by atoms with van der Waals surface area (Å²) in [7, 11) is 0. The molecule has 1 aliphatic carbocycles. The standard InChI is InChI=1S/C10H12N4O/c11-15-7-10(1-2-10)8-5-13-9-6-12-3-4-14(8)9/h3-6H,1-2,7,11H2. The van der Waals surface area contributed by atoms with Crippen molar-refractivity contribution in [2.75, 3.05) is 6.61 Å². The summed E-state index contributed by atoms with van der Waals surface area (Å²) in [6, 6.07) is 0. The van der Waals surface area contributed by atoms with E-state index in [4.69, 9.17) is 10.7 Å². The predicted octanol–water partition coefficient (Wildman–Crippen LogP) is 0.651. The molecule has 2 N–H and O–H groups in total. The van der Waals surface area contributed by atoms with Crippen LogP contribution in [-0.2, 0) is 10.3 Å². The Balaban J connectivity index is 2.11. The van der Waals surface area contributed by atoms with E-state index in [9.17, 15) is 0 Å². The molecule has 0 aliphatic heterocycles. The first-order valence-corrected chi connectivity index (χ1v) is 4.95. The minimum Gasteiger partial charge on any atom is -0.304 e. The molecule has 78 valence electrons. The second kappa shape index (κ2) is 3.01. The molecule has 0 bridgehead atoms. The van der Waals surface area contributed by atoms with Crippen molar-refractivity contribution < 1.29 is 4.84 Å². The van der Waals surface area contributed by atoms with Crippen molar-refractivity contribution in [1.82, 2.24) is 14.4 Å². The Labute approximate surface area is 86.9 Å². The minimum atomic E-state index is 0.0789. The number of hydrogen-bond acceptors (Lipinski definition) is 4. The second-order valence-corrected chi connectivity index (χ2v) is 4.04. The van der Waals surface area contributed by atoms with Crippen molar-refractivity contribution in [2.45, 2.75) is 18.3 Å². The first-order valence-electron chi connectivity index (χ1n) is 4.95. The van der Waals surface area contributed by atoms with E-state index in [1.54, 1.807) is 12.4 Å². The monoisotopic (exact) mass is 204 g/mol. The number of rotatable bonds is 3. The predicted molar refractivity (Wildman–Crippen MR) is 54.0 cm³/mol. The van der Waals surface area contributed by atoms with E-state index in [-0.39, 0.29) is 5.41 Å². The van der Waals surface area contributed by atoms with Crippen molar-refractivity contribution in [3.8, 4) is 0 Å². The van der Waals surface area contributed by atoms with Gasteiger partial charge in [-0.05, 0) is 12.8 Å². The molecule has 0 amide bonds. The molecular weight excluding hydrogens is 192 g/mol. The third-order valence-electron chi connectivity index (χ3n) is 3.07. The third-order valence-corrected chi connectivity index (χ3v) is 3.07. The quantitative estimate of drug-likeness (QED) is 0.745. The van der Waals surface area contributed by atoms with Crippen molar-refractivity contribution >= 4 is 5.65 Å². The van der Waals surface area contributed by atoms with E-state index in [0.29, 0.717) is 6.61 Å². The summed E-state index contributed by atoms with van der Waals surface area (Å²) < 4.78 is 2.05. The van der Waals surface area contributed by atoms with Gasteiger partial charge in [-0.3, -0.25) is 4.98 Å². The van der Waals surface area contributed by atoms with Crippen LogP contribution < -0.4 is 5.90 Å². The molecular formula is C10H12N4O. The first-order chi connectivity index (χ1) is 7.36. The molecule has 1 aliphatic rings. The maximum Gasteiger partial charge on any atom is 0.155 e. The molecule has 2 aromatic heterocycles. The average molecular weight is 204 g/mol. The molecule has 2 heterocycles. The summed E-state index contributed by atoms with van der Waals surface area (Å²) in [5, 5.41) is 0. The van der Waals surface area contributed by atoms with Crippen LogP contribution in [0.1, 0.15) is 18.5 Å². The molecule has 0 unspecified atom stereocenters. The molecule has 0 saturated heterocycles. The average Bonchev–Trinajstić information content (AvgIpc) is 2.91. The largest absolute Gasteiger partial charge is 0.304 e. The summed E-state index contributed by atoms with van der Waals surface area (Å²) in [4.78, 5) is 13.1. The van der Waals surface area contributed by atoms with Crippen molar-refractivity contribution in [2.24, 2.45) is 5.90 Å². The lowest BCUT2D eigenvalue weighted by atomic mass is 10.1. The number of aromatic nitrogens is 3. The van der Waals surface area contributed by atoms with Gasteiger partial charge in [0.05, 0.1) is 18.5 Å².